The number of hydrogen-bond donors (Lipinski definition) is 2. The third-order valence-electron chi connectivity index (χ3n) is 3.27. The van der Waals surface area contributed by atoms with E-state index in [0.717, 1.165) is 13.0 Å². The number of nitrogens with two attached hydrogens (primary N) is 1. The molecule has 0 aromatic heterocycles. The zero-order valence-corrected chi connectivity index (χ0v) is 12.6. The largest absolute Gasteiger partial charge is 0.399 e. The Balaban J connectivity index is 2.81. The average Bonchev–Trinajstić information content (AvgIpc) is 2.39. The Bertz CT molecular complexity index is 462. The van der Waals surface area contributed by atoms with Crippen molar-refractivity contribution in [3.8, 4) is 0 Å². The first-order valence-electron chi connectivity index (χ1n) is 6.98. The molecule has 1 aromatic carbocycles. The van der Waals surface area contributed by atoms with Crippen molar-refractivity contribution >= 4 is 17.3 Å². The summed E-state index contributed by atoms with van der Waals surface area (Å²) in [5, 5.41) is 2.61. The lowest BCUT2D eigenvalue weighted by atomic mass is 10.1. The molecule has 0 heterocycles. The van der Waals surface area contributed by atoms with E-state index < -0.39 is 5.82 Å². The molecule has 0 bridgehead atoms. The number of benzene rings is 1. The molecule has 3 N–H and O–H groups in total. The number of carbonyl (C=O) groups is 1. The molecule has 0 aliphatic carbocycles. The Hall–Kier alpha value is -1.62. The zero-order chi connectivity index (χ0) is 15.3. The van der Waals surface area contributed by atoms with Gasteiger partial charge >= 0.3 is 0 Å². The molecule has 0 spiro atoms. The van der Waals surface area contributed by atoms with Gasteiger partial charge in [-0.1, -0.05) is 6.92 Å². The van der Waals surface area contributed by atoms with E-state index in [9.17, 15) is 9.18 Å². The summed E-state index contributed by atoms with van der Waals surface area (Å²) in [6.07, 6.45) is 0.961. The average molecular weight is 281 g/mol. The molecular formula is C15H24FN3O. The quantitative estimate of drug-likeness (QED) is 0.788. The van der Waals surface area contributed by atoms with Crippen molar-refractivity contribution in [1.82, 2.24) is 4.90 Å². The minimum absolute atomic E-state index is 0.127. The highest BCUT2D eigenvalue weighted by Crippen LogP contribution is 2.18. The van der Waals surface area contributed by atoms with Gasteiger partial charge in [0.1, 0.15) is 5.82 Å². The summed E-state index contributed by atoms with van der Waals surface area (Å²) in [6, 6.07) is 4.07. The van der Waals surface area contributed by atoms with Crippen molar-refractivity contribution in [2.75, 3.05) is 17.6 Å². The van der Waals surface area contributed by atoms with E-state index in [1.54, 1.807) is 0 Å². The van der Waals surface area contributed by atoms with Crippen LogP contribution in [0.1, 0.15) is 34.1 Å². The van der Waals surface area contributed by atoms with Crippen LogP contribution in [0.3, 0.4) is 0 Å². The molecule has 0 saturated carbocycles. The lowest BCUT2D eigenvalue weighted by molar-refractivity contribution is -0.121. The highest BCUT2D eigenvalue weighted by atomic mass is 19.1. The van der Waals surface area contributed by atoms with Gasteiger partial charge < -0.3 is 11.1 Å². The Morgan fingerprint density at radius 3 is 2.60 bits per heavy atom. The van der Waals surface area contributed by atoms with Gasteiger partial charge in [0.15, 0.2) is 0 Å². The fourth-order valence-electron chi connectivity index (χ4n) is 2.18. The minimum Gasteiger partial charge on any atom is -0.399 e. The highest BCUT2D eigenvalue weighted by Gasteiger charge is 2.23. The lowest BCUT2D eigenvalue weighted by Gasteiger charge is -2.31. The summed E-state index contributed by atoms with van der Waals surface area (Å²) >= 11 is 0. The van der Waals surface area contributed by atoms with Crippen LogP contribution in [0.5, 0.6) is 0 Å². The molecule has 0 aliphatic heterocycles. The zero-order valence-electron chi connectivity index (χ0n) is 12.6. The minimum atomic E-state index is -0.480. The standard InChI is InChI=1S/C15H24FN3O/c1-5-8-19(10(2)3)11(4)15(20)18-14-9-12(17)6-7-13(14)16/h6-7,9-11H,5,8,17H2,1-4H3,(H,18,20). The number of anilines is 2. The number of halogens is 1. The first kappa shape index (κ1) is 16.4. The molecule has 0 radical (unpaired) electrons. The van der Waals surface area contributed by atoms with E-state index >= 15 is 0 Å². The third kappa shape index (κ3) is 4.20. The number of rotatable bonds is 6. The topological polar surface area (TPSA) is 58.4 Å². The maximum absolute atomic E-state index is 13.6. The van der Waals surface area contributed by atoms with Gasteiger partial charge in [0, 0.05) is 11.7 Å². The molecule has 20 heavy (non-hydrogen) atoms. The summed E-state index contributed by atoms with van der Waals surface area (Å²) in [7, 11) is 0. The van der Waals surface area contributed by atoms with Crippen molar-refractivity contribution in [3.63, 3.8) is 0 Å². The molecule has 1 unspecified atom stereocenters. The first-order chi connectivity index (χ1) is 9.36. The van der Waals surface area contributed by atoms with Crippen LogP contribution in [-0.2, 0) is 4.79 Å². The normalized spacial score (nSPS) is 12.8. The summed E-state index contributed by atoms with van der Waals surface area (Å²) < 4.78 is 13.6. The van der Waals surface area contributed by atoms with E-state index in [0.29, 0.717) is 5.69 Å². The van der Waals surface area contributed by atoms with Crippen molar-refractivity contribution in [2.24, 2.45) is 0 Å². The van der Waals surface area contributed by atoms with Gasteiger partial charge in [-0.2, -0.15) is 0 Å². The molecule has 0 saturated heterocycles. The summed E-state index contributed by atoms with van der Waals surface area (Å²) in [5.41, 5.74) is 6.15. The van der Waals surface area contributed by atoms with Crippen molar-refractivity contribution in [1.29, 1.82) is 0 Å². The second-order valence-corrected chi connectivity index (χ2v) is 5.24. The molecule has 112 valence electrons. The fourth-order valence-corrected chi connectivity index (χ4v) is 2.18. The molecule has 1 atom stereocenters. The summed E-state index contributed by atoms with van der Waals surface area (Å²) in [5.74, 6) is -0.706. The van der Waals surface area contributed by atoms with Crippen LogP contribution in [0, 0.1) is 5.82 Å². The molecule has 0 fully saturated rings. The SMILES string of the molecule is CCCN(C(C)C)C(C)C(=O)Nc1cc(N)ccc1F. The maximum atomic E-state index is 13.6. The van der Waals surface area contributed by atoms with Gasteiger partial charge in [0.25, 0.3) is 0 Å². The molecule has 0 aliphatic rings. The monoisotopic (exact) mass is 281 g/mol. The van der Waals surface area contributed by atoms with E-state index in [2.05, 4.69) is 17.1 Å². The smallest absolute Gasteiger partial charge is 0.241 e. The Morgan fingerprint density at radius 1 is 1.40 bits per heavy atom. The van der Waals surface area contributed by atoms with Crippen LogP contribution in [-0.4, -0.2) is 29.4 Å². The van der Waals surface area contributed by atoms with Crippen LogP contribution >= 0.6 is 0 Å². The predicted octanol–water partition coefficient (Wildman–Crippen LogP) is 2.86. The Kier molecular flexibility index (Phi) is 5.95. The highest BCUT2D eigenvalue weighted by molar-refractivity contribution is 5.95. The molecule has 5 heteroatoms. The van der Waals surface area contributed by atoms with Gasteiger partial charge in [-0.25, -0.2) is 4.39 Å². The van der Waals surface area contributed by atoms with Gasteiger partial charge in [-0.3, -0.25) is 9.69 Å². The van der Waals surface area contributed by atoms with Crippen molar-refractivity contribution in [3.05, 3.63) is 24.0 Å². The molecule has 1 rings (SSSR count). The molecule has 1 amide bonds. The molecule has 4 nitrogen and oxygen atoms in total. The first-order valence-corrected chi connectivity index (χ1v) is 6.98. The van der Waals surface area contributed by atoms with Crippen LogP contribution in [0.2, 0.25) is 0 Å². The van der Waals surface area contributed by atoms with Gasteiger partial charge in [0.05, 0.1) is 11.7 Å². The summed E-state index contributed by atoms with van der Waals surface area (Å²) in [6.45, 7) is 8.81. The van der Waals surface area contributed by atoms with Gasteiger partial charge in [0.2, 0.25) is 5.91 Å². The van der Waals surface area contributed by atoms with Crippen LogP contribution in [0.15, 0.2) is 18.2 Å². The van der Waals surface area contributed by atoms with Crippen molar-refractivity contribution in [2.45, 2.75) is 46.2 Å². The third-order valence-corrected chi connectivity index (χ3v) is 3.27. The Morgan fingerprint density at radius 2 is 2.05 bits per heavy atom. The fraction of sp³-hybridized carbons (Fsp3) is 0.533. The molecule has 1 aromatic rings. The lowest BCUT2D eigenvalue weighted by Crippen LogP contribution is -2.46. The van der Waals surface area contributed by atoms with Crippen LogP contribution in [0.25, 0.3) is 0 Å². The Labute approximate surface area is 120 Å². The number of carbonyl (C=O) groups excluding carboxylic acids is 1. The summed E-state index contributed by atoms with van der Waals surface area (Å²) in [4.78, 5) is 14.3. The van der Waals surface area contributed by atoms with E-state index in [-0.39, 0.29) is 23.7 Å². The van der Waals surface area contributed by atoms with Gasteiger partial charge in [-0.15, -0.1) is 0 Å². The van der Waals surface area contributed by atoms with E-state index in [4.69, 9.17) is 5.73 Å². The second kappa shape index (κ2) is 7.24. The van der Waals surface area contributed by atoms with Crippen LogP contribution in [0.4, 0.5) is 15.8 Å². The predicted molar refractivity (Wildman–Crippen MR) is 81.0 cm³/mol. The number of hydrogen-bond acceptors (Lipinski definition) is 3. The van der Waals surface area contributed by atoms with Crippen LogP contribution < -0.4 is 11.1 Å². The number of amides is 1. The number of nitrogens with one attached hydrogen (secondary N) is 1. The molecular weight excluding hydrogens is 257 g/mol. The number of nitrogens with zero attached hydrogens (tertiary/aromatic N) is 1. The maximum Gasteiger partial charge on any atom is 0.241 e. The second-order valence-electron chi connectivity index (χ2n) is 5.24. The van der Waals surface area contributed by atoms with E-state index in [1.807, 2.05) is 20.8 Å². The van der Waals surface area contributed by atoms with Crippen molar-refractivity contribution < 1.29 is 9.18 Å². The van der Waals surface area contributed by atoms with E-state index in [1.165, 1.54) is 18.2 Å². The number of nitrogen functional groups attached to an aromatic ring is 1. The van der Waals surface area contributed by atoms with Gasteiger partial charge in [-0.05, 0) is 51.9 Å².